The molecule has 3 rings (SSSR count). The highest BCUT2D eigenvalue weighted by atomic mass is 16.2. The lowest BCUT2D eigenvalue weighted by Crippen LogP contribution is -2.88. The van der Waals surface area contributed by atoms with Crippen molar-refractivity contribution in [3.8, 4) is 0 Å². The van der Waals surface area contributed by atoms with Gasteiger partial charge in [0.25, 0.3) is 0 Å². The Bertz CT molecular complexity index is 629. The first kappa shape index (κ1) is 14.6. The van der Waals surface area contributed by atoms with Crippen LogP contribution in [0.1, 0.15) is 20.3 Å². The molecule has 0 aromatic heterocycles. The van der Waals surface area contributed by atoms with E-state index in [1.807, 2.05) is 41.4 Å². The first-order valence-corrected chi connectivity index (χ1v) is 7.70. The molecule has 114 valence electrons. The van der Waals surface area contributed by atoms with E-state index in [2.05, 4.69) is 41.5 Å². The molecule has 1 saturated heterocycles. The summed E-state index contributed by atoms with van der Waals surface area (Å²) in [5.74, 6) is 0.0744. The Morgan fingerprint density at radius 3 is 2.23 bits per heavy atom. The summed E-state index contributed by atoms with van der Waals surface area (Å²) in [6.07, 6.45) is 1.03. The number of para-hydroxylation sites is 2. The topological polar surface area (TPSA) is 40.2 Å². The second-order valence-corrected chi connectivity index (χ2v) is 5.77. The van der Waals surface area contributed by atoms with Crippen LogP contribution in [0.4, 0.5) is 11.4 Å². The molecule has 0 aliphatic carbocycles. The summed E-state index contributed by atoms with van der Waals surface area (Å²) >= 11 is 0. The quantitative estimate of drug-likeness (QED) is 0.883. The van der Waals surface area contributed by atoms with Crippen LogP contribution in [-0.4, -0.2) is 23.1 Å². The van der Waals surface area contributed by atoms with E-state index in [0.29, 0.717) is 0 Å². The fraction of sp³-hybridized carbons (Fsp3) is 0.278. The lowest BCUT2D eigenvalue weighted by atomic mass is 10.2. The average molecular weight is 296 g/mol. The molecule has 0 bridgehead atoms. The number of nitrogens with two attached hydrogens (primary N) is 1. The minimum absolute atomic E-state index is 0.0744. The molecule has 2 aromatic carbocycles. The van der Waals surface area contributed by atoms with E-state index in [1.54, 1.807) is 6.92 Å². The van der Waals surface area contributed by atoms with Crippen molar-refractivity contribution in [2.75, 3.05) is 5.01 Å². The van der Waals surface area contributed by atoms with Crippen molar-refractivity contribution >= 4 is 17.3 Å². The summed E-state index contributed by atoms with van der Waals surface area (Å²) < 4.78 is 0. The van der Waals surface area contributed by atoms with Gasteiger partial charge in [-0.1, -0.05) is 36.4 Å². The van der Waals surface area contributed by atoms with E-state index >= 15 is 0 Å². The molecule has 4 heteroatoms. The zero-order valence-electron chi connectivity index (χ0n) is 13.0. The van der Waals surface area contributed by atoms with Crippen molar-refractivity contribution < 1.29 is 10.1 Å². The standard InChI is InChI=1S/C18H21N3O/c1-14-13-18(19-16-9-5-3-6-10-16)21(15(2)22)20(14)17-11-7-4-8-12-17/h3-12,14,18-19H,13H2,1-2H3/p+1/t14-,18-/m1/s1. The summed E-state index contributed by atoms with van der Waals surface area (Å²) in [6.45, 7) is 3.81. The largest absolute Gasteiger partial charge is 0.293 e. The van der Waals surface area contributed by atoms with E-state index in [0.717, 1.165) is 17.8 Å². The minimum atomic E-state index is 0.0744. The molecule has 1 heterocycles. The van der Waals surface area contributed by atoms with Crippen LogP contribution in [0.15, 0.2) is 60.7 Å². The zero-order chi connectivity index (χ0) is 15.5. The van der Waals surface area contributed by atoms with Gasteiger partial charge in [-0.05, 0) is 31.2 Å². The molecule has 1 amide bonds. The summed E-state index contributed by atoms with van der Waals surface area (Å²) in [6, 6.07) is 20.6. The van der Waals surface area contributed by atoms with E-state index in [1.165, 1.54) is 0 Å². The number of nitrogens with zero attached hydrogens (tertiary/aromatic N) is 2. The van der Waals surface area contributed by atoms with Crippen LogP contribution in [-0.2, 0) is 4.79 Å². The van der Waals surface area contributed by atoms with Crippen LogP contribution < -0.4 is 10.3 Å². The molecule has 2 atom stereocenters. The number of amides is 1. The third-order valence-electron chi connectivity index (χ3n) is 4.07. The second kappa shape index (κ2) is 6.20. The SMILES string of the molecule is CC(=O)N1[C@@H]([NH2+]c2ccccc2)C[C@@H](C)N1c1ccccc1. The van der Waals surface area contributed by atoms with Crippen LogP contribution in [0.3, 0.4) is 0 Å². The van der Waals surface area contributed by atoms with Crippen LogP contribution in [0.5, 0.6) is 0 Å². The van der Waals surface area contributed by atoms with Crippen molar-refractivity contribution in [3.63, 3.8) is 0 Å². The van der Waals surface area contributed by atoms with Crippen LogP contribution in [0.2, 0.25) is 0 Å². The molecule has 0 saturated carbocycles. The van der Waals surface area contributed by atoms with Crippen LogP contribution in [0.25, 0.3) is 0 Å². The molecule has 1 aliphatic rings. The first-order chi connectivity index (χ1) is 10.7. The Morgan fingerprint density at radius 1 is 1.05 bits per heavy atom. The Kier molecular flexibility index (Phi) is 4.11. The lowest BCUT2D eigenvalue weighted by Gasteiger charge is -2.33. The van der Waals surface area contributed by atoms with Gasteiger partial charge >= 0.3 is 0 Å². The highest BCUT2D eigenvalue weighted by Gasteiger charge is 2.41. The minimum Gasteiger partial charge on any atom is -0.293 e. The fourth-order valence-corrected chi connectivity index (χ4v) is 3.19. The normalized spacial score (nSPS) is 21.2. The summed E-state index contributed by atoms with van der Waals surface area (Å²) in [7, 11) is 0. The second-order valence-electron chi connectivity index (χ2n) is 5.77. The molecule has 1 fully saturated rings. The summed E-state index contributed by atoms with van der Waals surface area (Å²) in [5.41, 5.74) is 2.22. The maximum Gasteiger partial charge on any atom is 0.242 e. The molecule has 4 nitrogen and oxygen atoms in total. The summed E-state index contributed by atoms with van der Waals surface area (Å²) in [5, 5.41) is 6.18. The fourth-order valence-electron chi connectivity index (χ4n) is 3.19. The molecule has 22 heavy (non-hydrogen) atoms. The van der Waals surface area contributed by atoms with Gasteiger partial charge < -0.3 is 0 Å². The Labute approximate surface area is 131 Å². The van der Waals surface area contributed by atoms with Gasteiger partial charge in [0.15, 0.2) is 6.17 Å². The number of hydrazine groups is 1. The van der Waals surface area contributed by atoms with Gasteiger partial charge in [-0.2, -0.15) is 5.01 Å². The number of benzene rings is 2. The van der Waals surface area contributed by atoms with Gasteiger partial charge in [0.2, 0.25) is 5.91 Å². The van der Waals surface area contributed by atoms with Crippen molar-refractivity contribution in [3.05, 3.63) is 60.7 Å². The highest BCUT2D eigenvalue weighted by Crippen LogP contribution is 2.28. The third kappa shape index (κ3) is 2.83. The molecule has 0 spiro atoms. The monoisotopic (exact) mass is 296 g/mol. The van der Waals surface area contributed by atoms with E-state index < -0.39 is 0 Å². The number of anilines is 1. The molecule has 2 aromatic rings. The Morgan fingerprint density at radius 2 is 1.64 bits per heavy atom. The van der Waals surface area contributed by atoms with Gasteiger partial charge in [-0.25, -0.2) is 0 Å². The Balaban J connectivity index is 1.88. The average Bonchev–Trinajstić information content (AvgIpc) is 2.85. The van der Waals surface area contributed by atoms with Crippen LogP contribution >= 0.6 is 0 Å². The first-order valence-electron chi connectivity index (χ1n) is 7.70. The zero-order valence-corrected chi connectivity index (χ0v) is 13.0. The molecule has 1 aliphatic heterocycles. The molecule has 0 unspecified atom stereocenters. The van der Waals surface area contributed by atoms with Gasteiger partial charge in [0, 0.05) is 13.3 Å². The van der Waals surface area contributed by atoms with Crippen LogP contribution in [0, 0.1) is 0 Å². The van der Waals surface area contributed by atoms with Gasteiger partial charge in [0.1, 0.15) is 5.69 Å². The number of hydrogen-bond acceptors (Lipinski definition) is 2. The number of rotatable bonds is 3. The van der Waals surface area contributed by atoms with Crippen molar-refractivity contribution in [1.29, 1.82) is 0 Å². The smallest absolute Gasteiger partial charge is 0.242 e. The summed E-state index contributed by atoms with van der Waals surface area (Å²) in [4.78, 5) is 12.2. The van der Waals surface area contributed by atoms with Crippen molar-refractivity contribution in [2.24, 2.45) is 0 Å². The predicted molar refractivity (Wildman–Crippen MR) is 87.3 cm³/mol. The van der Waals surface area contributed by atoms with Crippen molar-refractivity contribution in [2.45, 2.75) is 32.5 Å². The van der Waals surface area contributed by atoms with E-state index in [9.17, 15) is 4.79 Å². The van der Waals surface area contributed by atoms with E-state index in [-0.39, 0.29) is 18.1 Å². The number of quaternary nitrogens is 1. The van der Waals surface area contributed by atoms with Gasteiger partial charge in [-0.3, -0.25) is 15.1 Å². The molecular weight excluding hydrogens is 274 g/mol. The molecular formula is C18H22N3O+. The number of carbonyl (C=O) groups excluding carboxylic acids is 1. The maximum atomic E-state index is 12.2. The lowest BCUT2D eigenvalue weighted by molar-refractivity contribution is -0.628. The van der Waals surface area contributed by atoms with Crippen molar-refractivity contribution in [1.82, 2.24) is 5.01 Å². The highest BCUT2D eigenvalue weighted by molar-refractivity contribution is 5.76. The maximum absolute atomic E-state index is 12.2. The third-order valence-corrected chi connectivity index (χ3v) is 4.07. The number of hydrogen-bond donors (Lipinski definition) is 1. The van der Waals surface area contributed by atoms with E-state index in [4.69, 9.17) is 0 Å². The predicted octanol–water partition coefficient (Wildman–Crippen LogP) is 2.27. The Hall–Kier alpha value is -2.33. The van der Waals surface area contributed by atoms with Gasteiger partial charge in [0.05, 0.1) is 11.7 Å². The molecule has 0 radical (unpaired) electrons. The number of carbonyl (C=O) groups is 1. The molecule has 2 N–H and O–H groups in total. The van der Waals surface area contributed by atoms with Gasteiger partial charge in [-0.15, -0.1) is 0 Å².